The molecule has 4 heterocycles. The number of amides is 1. The average molecular weight is 637 g/mol. The predicted octanol–water partition coefficient (Wildman–Crippen LogP) is 0.598. The maximum Gasteiger partial charge on any atom is 0.414 e. The van der Waals surface area contributed by atoms with Crippen molar-refractivity contribution in [1.29, 1.82) is 0 Å². The molecule has 4 aliphatic heterocycles. The highest BCUT2D eigenvalue weighted by molar-refractivity contribution is 8.03. The van der Waals surface area contributed by atoms with Gasteiger partial charge in [0, 0.05) is 40.8 Å². The van der Waals surface area contributed by atoms with Crippen LogP contribution in [-0.2, 0) is 30.5 Å². The number of β-lactam (4-membered cyclic amide) rings is 1. The van der Waals surface area contributed by atoms with Crippen LogP contribution < -0.4 is 5.32 Å². The molecule has 3 fully saturated rings. The number of hydrogen-bond donors (Lipinski definition) is 5. The number of nitro groups is 1. The van der Waals surface area contributed by atoms with E-state index >= 15 is 0 Å². The number of rotatable bonds is 9. The Bertz CT molecular complexity index is 1300. The number of carboxylic acids is 2. The van der Waals surface area contributed by atoms with Gasteiger partial charge in [0.2, 0.25) is 5.91 Å². The molecule has 0 bridgehead atoms. The van der Waals surface area contributed by atoms with Gasteiger partial charge >= 0.3 is 17.9 Å². The molecule has 44 heavy (non-hydrogen) atoms. The van der Waals surface area contributed by atoms with E-state index in [1.165, 1.54) is 29.2 Å². The largest absolute Gasteiger partial charge is 0.473 e. The minimum absolute atomic E-state index is 0.0195. The monoisotopic (exact) mass is 636 g/mol. The van der Waals surface area contributed by atoms with Gasteiger partial charge in [0.05, 0.1) is 29.7 Å². The number of aliphatic hydroxyl groups excluding tert-OH is 2. The van der Waals surface area contributed by atoms with Gasteiger partial charge in [0.15, 0.2) is 0 Å². The molecule has 0 spiro atoms. The number of likely N-dealkylation sites (tertiary alicyclic amines) is 1. The first kappa shape index (κ1) is 33.3. The van der Waals surface area contributed by atoms with Crippen LogP contribution in [-0.4, -0.2) is 109 Å². The number of non-ortho nitro benzene ring substituents is 1. The minimum atomic E-state index is -1.82. The number of carbonyl (C=O) groups is 4. The normalized spacial score (nSPS) is 28.5. The number of esters is 1. The summed E-state index contributed by atoms with van der Waals surface area (Å²) in [4.78, 5) is 59.4. The Morgan fingerprint density at radius 1 is 1.20 bits per heavy atom. The van der Waals surface area contributed by atoms with Crippen molar-refractivity contribution in [2.45, 2.75) is 56.7 Å². The molecular weight excluding hydrogens is 600 g/mol. The van der Waals surface area contributed by atoms with E-state index in [0.29, 0.717) is 18.0 Å². The Kier molecular flexibility index (Phi) is 10.6. The Morgan fingerprint density at radius 2 is 1.86 bits per heavy atom. The molecule has 3 saturated heterocycles. The number of thioether (sulfide) groups is 1. The van der Waals surface area contributed by atoms with Crippen LogP contribution in [0.3, 0.4) is 0 Å². The molecule has 7 atom stereocenters. The maximum absolute atomic E-state index is 13.4. The molecule has 240 valence electrons. The summed E-state index contributed by atoms with van der Waals surface area (Å²) in [6, 6.07) is 5.73. The topological polar surface area (TPSA) is 220 Å². The van der Waals surface area contributed by atoms with Gasteiger partial charge in [-0.15, -0.1) is 11.8 Å². The number of fused-ring (bicyclic) bond motifs is 1. The summed E-state index contributed by atoms with van der Waals surface area (Å²) in [5.74, 6) is -4.80. The Hall–Kier alpha value is -3.57. The molecule has 6 unspecified atom stereocenters. The summed E-state index contributed by atoms with van der Waals surface area (Å²) >= 11 is 1.59. The van der Waals surface area contributed by atoms with Gasteiger partial charge in [-0.05, 0) is 56.5 Å². The standard InChI is InChI=1S/C26H34N4O7S.C2H2O4/c1-14-22-21(15(2)32)25(33)29(22)23(26(34)37-12-16-3-5-18(6-4-16)30(35)36)24(14)38-19-9-20(28(11-19)13-31)17-7-8-27-10-17;3-1(4)2(5)6/h3-6,14-15,17,19-22,27,31-32H,7-13H2,1-2H3;(H,3,4)(H,5,6)/t14?,15?,17?,19?,20?,21?,22-;/m0./s1. The minimum Gasteiger partial charge on any atom is -0.473 e. The number of aliphatic hydroxyl groups is 2. The lowest BCUT2D eigenvalue weighted by molar-refractivity contribution is -0.384. The SMILES string of the molecule is CC(O)C1C(=O)N2C(C(=O)OCc3ccc([N+](=O)[O-])cc3)=C(SC3CC(C4CCNC4)N(CO)C3)C(C)[C@@H]12.O=C(O)C(=O)O. The van der Waals surface area contributed by atoms with E-state index < -0.39 is 34.9 Å². The molecule has 1 aromatic carbocycles. The van der Waals surface area contributed by atoms with Crippen molar-refractivity contribution in [2.75, 3.05) is 26.4 Å². The maximum atomic E-state index is 13.4. The van der Waals surface area contributed by atoms with Crippen molar-refractivity contribution in [2.24, 2.45) is 17.8 Å². The van der Waals surface area contributed by atoms with Gasteiger partial charge in [-0.25, -0.2) is 14.4 Å². The van der Waals surface area contributed by atoms with Crippen LogP contribution in [0.5, 0.6) is 0 Å². The number of nitrogens with one attached hydrogen (secondary N) is 1. The van der Waals surface area contributed by atoms with Crippen molar-refractivity contribution < 1.29 is 49.3 Å². The average Bonchev–Trinajstić information content (AvgIpc) is 3.70. The van der Waals surface area contributed by atoms with E-state index in [1.807, 2.05) is 6.92 Å². The number of carbonyl (C=O) groups excluding carboxylic acids is 2. The lowest BCUT2D eigenvalue weighted by Gasteiger charge is -2.46. The van der Waals surface area contributed by atoms with Gasteiger partial charge in [-0.2, -0.15) is 0 Å². The smallest absolute Gasteiger partial charge is 0.414 e. The third-order valence-corrected chi connectivity index (χ3v) is 10.0. The molecule has 5 N–H and O–H groups in total. The van der Waals surface area contributed by atoms with Crippen LogP contribution in [0.4, 0.5) is 5.69 Å². The van der Waals surface area contributed by atoms with Gasteiger partial charge in [-0.1, -0.05) is 6.92 Å². The van der Waals surface area contributed by atoms with Crippen LogP contribution in [0.2, 0.25) is 0 Å². The molecule has 4 aliphatic rings. The summed E-state index contributed by atoms with van der Waals surface area (Å²) in [6.45, 7) is 6.06. The highest BCUT2D eigenvalue weighted by Gasteiger charge is 2.60. The van der Waals surface area contributed by atoms with Crippen molar-refractivity contribution in [3.8, 4) is 0 Å². The molecular formula is C28H36N4O11S. The summed E-state index contributed by atoms with van der Waals surface area (Å²) in [5, 5.41) is 49.5. The van der Waals surface area contributed by atoms with Crippen LogP contribution >= 0.6 is 11.8 Å². The first-order valence-corrected chi connectivity index (χ1v) is 15.1. The highest BCUT2D eigenvalue weighted by atomic mass is 32.2. The number of nitrogens with zero attached hydrogens (tertiary/aromatic N) is 3. The Labute approximate surface area is 257 Å². The second-order valence-corrected chi connectivity index (χ2v) is 12.6. The van der Waals surface area contributed by atoms with Crippen LogP contribution in [0, 0.1) is 27.9 Å². The quantitative estimate of drug-likeness (QED) is 0.0824. The first-order valence-electron chi connectivity index (χ1n) is 14.2. The van der Waals surface area contributed by atoms with E-state index in [2.05, 4.69) is 10.2 Å². The second-order valence-electron chi connectivity index (χ2n) is 11.3. The van der Waals surface area contributed by atoms with E-state index in [9.17, 15) is 29.9 Å². The molecule has 0 radical (unpaired) electrons. The fourth-order valence-corrected chi connectivity index (χ4v) is 7.98. The van der Waals surface area contributed by atoms with Gasteiger partial charge in [0.25, 0.3) is 5.69 Å². The molecule has 1 aromatic rings. The van der Waals surface area contributed by atoms with E-state index in [-0.39, 0.29) is 53.9 Å². The summed E-state index contributed by atoms with van der Waals surface area (Å²) in [5.41, 5.74) is 0.780. The fourth-order valence-electron chi connectivity index (χ4n) is 6.41. The number of aliphatic carboxylic acids is 2. The van der Waals surface area contributed by atoms with Crippen LogP contribution in [0.1, 0.15) is 32.3 Å². The number of hydrogen-bond acceptors (Lipinski definition) is 12. The van der Waals surface area contributed by atoms with E-state index in [0.717, 1.165) is 30.8 Å². The van der Waals surface area contributed by atoms with Crippen molar-refractivity contribution >= 4 is 41.3 Å². The molecule has 0 saturated carbocycles. The number of benzene rings is 1. The number of ether oxygens (including phenoxy) is 1. The molecule has 5 rings (SSSR count). The fraction of sp³-hybridized carbons (Fsp3) is 0.571. The van der Waals surface area contributed by atoms with Gasteiger partial charge < -0.3 is 35.4 Å². The number of nitro benzene ring substituents is 1. The highest BCUT2D eigenvalue weighted by Crippen LogP contribution is 2.52. The molecule has 16 heteroatoms. The zero-order chi connectivity index (χ0) is 32.3. The summed E-state index contributed by atoms with van der Waals surface area (Å²) in [6.07, 6.45) is 1.11. The van der Waals surface area contributed by atoms with Crippen molar-refractivity contribution in [1.82, 2.24) is 15.1 Å². The summed E-state index contributed by atoms with van der Waals surface area (Å²) in [7, 11) is 0. The molecule has 15 nitrogen and oxygen atoms in total. The van der Waals surface area contributed by atoms with Crippen molar-refractivity contribution in [3.05, 3.63) is 50.5 Å². The number of carboxylic acid groups (broad SMARTS) is 2. The van der Waals surface area contributed by atoms with E-state index in [1.54, 1.807) is 18.7 Å². The predicted molar refractivity (Wildman–Crippen MR) is 155 cm³/mol. The van der Waals surface area contributed by atoms with Gasteiger partial charge in [0.1, 0.15) is 12.3 Å². The third-order valence-electron chi connectivity index (χ3n) is 8.53. The zero-order valence-corrected chi connectivity index (χ0v) is 25.0. The first-order chi connectivity index (χ1) is 20.8. The lowest BCUT2D eigenvalue weighted by atomic mass is 9.79. The second kappa shape index (κ2) is 14.0. The summed E-state index contributed by atoms with van der Waals surface area (Å²) < 4.78 is 5.60. The molecule has 0 aromatic heterocycles. The van der Waals surface area contributed by atoms with Gasteiger partial charge in [-0.3, -0.25) is 19.8 Å². The molecule has 0 aliphatic carbocycles. The van der Waals surface area contributed by atoms with Crippen LogP contribution in [0.15, 0.2) is 34.9 Å². The molecule has 1 amide bonds. The zero-order valence-electron chi connectivity index (χ0n) is 24.2. The van der Waals surface area contributed by atoms with Crippen molar-refractivity contribution in [3.63, 3.8) is 0 Å². The Morgan fingerprint density at radius 3 is 2.39 bits per heavy atom. The van der Waals surface area contributed by atoms with E-state index in [4.69, 9.17) is 24.5 Å². The lowest BCUT2D eigenvalue weighted by Crippen LogP contribution is -2.63. The Balaban J connectivity index is 0.000000670. The van der Waals surface area contributed by atoms with Crippen LogP contribution in [0.25, 0.3) is 0 Å². The third kappa shape index (κ3) is 6.89.